The Bertz CT molecular complexity index is 2110. The number of amides is 2. The van der Waals surface area contributed by atoms with E-state index >= 15 is 4.39 Å². The first-order valence-electron chi connectivity index (χ1n) is 16.1. The van der Waals surface area contributed by atoms with E-state index in [1.807, 2.05) is 18.9 Å². The van der Waals surface area contributed by atoms with E-state index in [9.17, 15) is 29.1 Å². The summed E-state index contributed by atoms with van der Waals surface area (Å²) in [4.78, 5) is 78.9. The molecule has 274 valence electrons. The summed E-state index contributed by atoms with van der Waals surface area (Å²) < 4.78 is 28.9. The van der Waals surface area contributed by atoms with Crippen LogP contribution in [0.15, 0.2) is 38.9 Å². The number of aromatic nitrogens is 2. The molecule has 2 saturated heterocycles. The van der Waals surface area contributed by atoms with Gasteiger partial charge in [-0.3, -0.25) is 19.3 Å². The van der Waals surface area contributed by atoms with Gasteiger partial charge in [-0.2, -0.15) is 0 Å². The molecule has 52 heavy (non-hydrogen) atoms. The van der Waals surface area contributed by atoms with Crippen molar-refractivity contribution >= 4 is 74.8 Å². The fourth-order valence-corrected chi connectivity index (χ4v) is 8.35. The zero-order chi connectivity index (χ0) is 36.8. The Balaban J connectivity index is 1.06. The van der Waals surface area contributed by atoms with E-state index in [0.29, 0.717) is 29.4 Å². The molecule has 0 bridgehead atoms. The quantitative estimate of drug-likeness (QED) is 0.114. The van der Waals surface area contributed by atoms with Crippen LogP contribution in [0.2, 0.25) is 0 Å². The summed E-state index contributed by atoms with van der Waals surface area (Å²) in [6, 6.07) is -0.229. The molecular formula is C32H33FN8O9S2. The third-order valence-electron chi connectivity index (χ3n) is 9.13. The van der Waals surface area contributed by atoms with Crippen LogP contribution >= 0.6 is 23.1 Å². The number of fused-ring (bicyclic) bond motifs is 1. The van der Waals surface area contributed by atoms with Gasteiger partial charge < -0.3 is 44.8 Å². The number of rotatable bonds is 10. The number of carboxylic acid groups (broad SMARTS) is 1. The Hall–Kier alpha value is -5.21. The van der Waals surface area contributed by atoms with E-state index < -0.39 is 53.0 Å². The minimum absolute atomic E-state index is 0.0191. The largest absolute Gasteiger partial charge is 0.487 e. The second-order valence-corrected chi connectivity index (χ2v) is 14.6. The number of nitrogens with one attached hydrogen (secondary N) is 1. The molecule has 4 aliphatic heterocycles. The van der Waals surface area contributed by atoms with Crippen molar-refractivity contribution in [1.29, 1.82) is 0 Å². The number of β-lactam (4-membered cyclic amide) rings is 1. The van der Waals surface area contributed by atoms with Gasteiger partial charge >= 0.3 is 11.9 Å². The van der Waals surface area contributed by atoms with Gasteiger partial charge in [-0.15, -0.1) is 23.1 Å². The van der Waals surface area contributed by atoms with E-state index in [0.717, 1.165) is 42.0 Å². The van der Waals surface area contributed by atoms with Crippen molar-refractivity contribution in [2.45, 2.75) is 31.0 Å². The van der Waals surface area contributed by atoms with Crippen molar-refractivity contribution < 1.29 is 43.0 Å². The number of anilines is 2. The Morgan fingerprint density at radius 3 is 2.71 bits per heavy atom. The van der Waals surface area contributed by atoms with Crippen LogP contribution in [-0.4, -0.2) is 118 Å². The maximum absolute atomic E-state index is 15.7. The third kappa shape index (κ3) is 6.41. The van der Waals surface area contributed by atoms with Crippen molar-refractivity contribution in [3.8, 4) is 5.75 Å². The molecule has 3 atom stereocenters. The van der Waals surface area contributed by atoms with Crippen LogP contribution in [0.3, 0.4) is 0 Å². The van der Waals surface area contributed by atoms with Crippen LogP contribution in [0.1, 0.15) is 29.0 Å². The molecule has 6 heterocycles. The van der Waals surface area contributed by atoms with Gasteiger partial charge in [0.2, 0.25) is 5.43 Å². The first-order chi connectivity index (χ1) is 24.9. The van der Waals surface area contributed by atoms with Gasteiger partial charge in [0, 0.05) is 49.1 Å². The van der Waals surface area contributed by atoms with E-state index in [4.69, 9.17) is 20.0 Å². The highest BCUT2D eigenvalue weighted by atomic mass is 32.2. The summed E-state index contributed by atoms with van der Waals surface area (Å²) in [7, 11) is 1.99. The molecule has 7 rings (SSSR count). The van der Waals surface area contributed by atoms with E-state index in [1.54, 1.807) is 9.95 Å². The normalized spacial score (nSPS) is 21.5. The number of carbonyl (C=O) groups excluding carboxylic acids is 3. The smallest absolute Gasteiger partial charge is 0.352 e. The monoisotopic (exact) mass is 756 g/mol. The van der Waals surface area contributed by atoms with Crippen LogP contribution in [0, 0.1) is 5.82 Å². The van der Waals surface area contributed by atoms with Crippen LogP contribution in [-0.2, 0) is 30.6 Å². The number of halogens is 1. The minimum Gasteiger partial charge on any atom is -0.487 e. The lowest BCUT2D eigenvalue weighted by Gasteiger charge is -2.49. The van der Waals surface area contributed by atoms with Gasteiger partial charge in [0.1, 0.15) is 47.8 Å². The summed E-state index contributed by atoms with van der Waals surface area (Å²) in [6.07, 6.45) is 2.21. The number of hydrogen-bond donors (Lipinski definition) is 3. The number of carboxylic acids is 1. The number of benzene rings is 1. The Labute approximate surface area is 302 Å². The average molecular weight is 757 g/mol. The van der Waals surface area contributed by atoms with Gasteiger partial charge in [0.15, 0.2) is 23.3 Å². The zero-order valence-electron chi connectivity index (χ0n) is 27.9. The SMILES string of the molecule is CC1COc2c(N3CCN(C)CC3)c(F)cc3c(=O)c(C(=O)OCC4=C(C(=O)O)N5C(=O)[C@@H](NC(=O)/C=N\OCc6csc(N)n6)[C@H]5SC4)cn1c23. The van der Waals surface area contributed by atoms with Crippen molar-refractivity contribution in [3.63, 3.8) is 0 Å². The maximum atomic E-state index is 15.7. The second kappa shape index (κ2) is 14.1. The Kier molecular flexibility index (Phi) is 9.53. The van der Waals surface area contributed by atoms with Crippen LogP contribution in [0.5, 0.6) is 5.75 Å². The molecule has 17 nitrogen and oxygen atoms in total. The Morgan fingerprint density at radius 1 is 1.23 bits per heavy atom. The lowest BCUT2D eigenvalue weighted by molar-refractivity contribution is -0.150. The number of oxime groups is 1. The van der Waals surface area contributed by atoms with Gasteiger partial charge in [-0.1, -0.05) is 5.16 Å². The lowest BCUT2D eigenvalue weighted by atomic mass is 10.0. The van der Waals surface area contributed by atoms with Gasteiger partial charge in [0.25, 0.3) is 11.8 Å². The van der Waals surface area contributed by atoms with Crippen molar-refractivity contribution in [3.05, 3.63) is 56.2 Å². The number of thiazole rings is 1. The zero-order valence-corrected chi connectivity index (χ0v) is 29.5. The van der Waals surface area contributed by atoms with Crippen molar-refractivity contribution in [1.82, 2.24) is 24.7 Å². The lowest BCUT2D eigenvalue weighted by Crippen LogP contribution is -2.70. The number of nitrogens with zero attached hydrogens (tertiary/aromatic N) is 6. The molecule has 2 aromatic heterocycles. The number of carbonyl (C=O) groups is 4. The predicted molar refractivity (Wildman–Crippen MR) is 188 cm³/mol. The second-order valence-electron chi connectivity index (χ2n) is 12.6. The first-order valence-corrected chi connectivity index (χ1v) is 18.1. The Morgan fingerprint density at radius 2 is 2.00 bits per heavy atom. The van der Waals surface area contributed by atoms with Crippen LogP contribution < -0.4 is 26.1 Å². The highest BCUT2D eigenvalue weighted by Crippen LogP contribution is 2.43. The number of aliphatic carboxylic acids is 1. The number of pyridine rings is 1. The average Bonchev–Trinajstić information content (AvgIpc) is 3.54. The molecule has 1 aromatic carbocycles. The molecule has 4 aliphatic rings. The molecule has 0 spiro atoms. The van der Waals surface area contributed by atoms with E-state index in [2.05, 4.69) is 20.4 Å². The molecule has 20 heteroatoms. The van der Waals surface area contributed by atoms with Crippen molar-refractivity contribution in [2.75, 3.05) is 62.8 Å². The fourth-order valence-electron chi connectivity index (χ4n) is 6.47. The number of piperazine rings is 1. The van der Waals surface area contributed by atoms with Gasteiger partial charge in [-0.05, 0) is 20.0 Å². The van der Waals surface area contributed by atoms with Gasteiger partial charge in [-0.25, -0.2) is 19.0 Å². The molecular weight excluding hydrogens is 724 g/mol. The molecule has 2 fully saturated rings. The van der Waals surface area contributed by atoms with Crippen molar-refractivity contribution in [2.24, 2.45) is 5.16 Å². The molecule has 0 radical (unpaired) electrons. The molecule has 0 saturated carbocycles. The third-order valence-corrected chi connectivity index (χ3v) is 11.2. The van der Waals surface area contributed by atoms with Crippen LogP contribution in [0.4, 0.5) is 15.2 Å². The summed E-state index contributed by atoms with van der Waals surface area (Å²) in [5.41, 5.74) is 5.35. The van der Waals surface area contributed by atoms with E-state index in [1.165, 1.54) is 17.5 Å². The summed E-state index contributed by atoms with van der Waals surface area (Å²) >= 11 is 2.39. The summed E-state index contributed by atoms with van der Waals surface area (Å²) in [5.74, 6) is -4.25. The molecule has 4 N–H and O–H groups in total. The topological polar surface area (TPSA) is 211 Å². The number of hydrogen-bond acceptors (Lipinski definition) is 15. The predicted octanol–water partition coefficient (Wildman–Crippen LogP) is 0.983. The van der Waals surface area contributed by atoms with E-state index in [-0.39, 0.29) is 58.7 Å². The molecule has 1 unspecified atom stereocenters. The molecule has 2 amide bonds. The number of ether oxygens (including phenoxy) is 2. The molecule has 0 aliphatic carbocycles. The minimum atomic E-state index is -1.43. The highest BCUT2D eigenvalue weighted by molar-refractivity contribution is 8.00. The van der Waals surface area contributed by atoms with Crippen LogP contribution in [0.25, 0.3) is 10.9 Å². The maximum Gasteiger partial charge on any atom is 0.352 e. The first kappa shape index (κ1) is 35.2. The highest BCUT2D eigenvalue weighted by Gasteiger charge is 2.54. The number of thioether (sulfide) groups is 1. The summed E-state index contributed by atoms with van der Waals surface area (Å²) in [6.45, 7) is 4.05. The number of nitrogens with two attached hydrogens (primary N) is 1. The standard InChI is InChI=1S/C32H33FN8O9S2/c1-15-10-48-27-24-18(7-20(33)25(27)39-5-3-38(2)4-6-39)26(43)19(9-40(15)24)31(47)49-11-16-13-51-29-22(28(44)41(29)23(16)30(45)46)37-21(42)8-35-50-12-17-14-52-32(34)36-17/h7-9,14-15,22,29H,3-6,10-13H2,1-2H3,(H2,34,36)(H,37,42)(H,45,46)/b35-8-/t15?,22-,29-/m1/s1. The number of likely N-dealkylation sites (N-methyl/N-ethyl adjacent to an activating group) is 1. The number of esters is 1. The van der Waals surface area contributed by atoms with Gasteiger partial charge in [0.05, 0.1) is 22.6 Å². The molecule has 3 aromatic rings. The number of nitrogen functional groups attached to an aromatic ring is 1. The summed E-state index contributed by atoms with van der Waals surface area (Å²) in [5, 5.41) is 17.3. The fraction of sp³-hybridized carbons (Fsp3) is 0.406.